The maximum atomic E-state index is 5.36. The Kier molecular flexibility index (Phi) is 8.04. The lowest BCUT2D eigenvalue weighted by atomic mass is 9.66. The first-order valence-corrected chi connectivity index (χ1v) is 18.2. The Hall–Kier alpha value is -3.76. The summed E-state index contributed by atoms with van der Waals surface area (Å²) in [5.41, 5.74) is 10.4. The molecule has 5 aliphatic carbocycles. The van der Waals surface area contributed by atoms with Crippen LogP contribution >= 0.6 is 0 Å². The highest BCUT2D eigenvalue weighted by atomic mass is 15.2. The van der Waals surface area contributed by atoms with Crippen LogP contribution in [0.25, 0.3) is 0 Å². The van der Waals surface area contributed by atoms with E-state index in [1.807, 2.05) is 0 Å². The molecule has 1 aromatic carbocycles. The topological polar surface area (TPSA) is 48.8 Å². The first-order valence-electron chi connectivity index (χ1n) is 18.2. The maximum absolute atomic E-state index is 5.36. The third kappa shape index (κ3) is 5.73. The number of amidine groups is 2. The normalized spacial score (nSPS) is 34.3. The minimum Gasteiger partial charge on any atom is -0.325 e. The number of benzene rings is 1. The Bertz CT molecular complexity index is 1730. The van der Waals surface area contributed by atoms with Gasteiger partial charge in [0, 0.05) is 29.0 Å². The average Bonchev–Trinajstić information content (AvgIpc) is 3.34. The van der Waals surface area contributed by atoms with Gasteiger partial charge in [0.25, 0.3) is 0 Å². The molecule has 242 valence electrons. The van der Waals surface area contributed by atoms with Crippen molar-refractivity contribution in [2.24, 2.45) is 39.1 Å². The quantitative estimate of drug-likeness (QED) is 0.344. The molecule has 4 nitrogen and oxygen atoms in total. The van der Waals surface area contributed by atoms with Crippen LogP contribution in [-0.2, 0) is 0 Å². The molecular formula is C43H50N4. The second-order valence-corrected chi connectivity index (χ2v) is 15.4. The van der Waals surface area contributed by atoms with Crippen molar-refractivity contribution in [1.29, 1.82) is 0 Å². The van der Waals surface area contributed by atoms with Gasteiger partial charge in [-0.05, 0) is 98.8 Å². The van der Waals surface area contributed by atoms with Gasteiger partial charge in [-0.2, -0.15) is 0 Å². The van der Waals surface area contributed by atoms with Gasteiger partial charge in [0.1, 0.15) is 11.7 Å². The van der Waals surface area contributed by atoms with Gasteiger partial charge in [-0.15, -0.1) is 0 Å². The van der Waals surface area contributed by atoms with Crippen LogP contribution in [0.2, 0.25) is 0 Å². The first-order chi connectivity index (χ1) is 22.8. The molecule has 0 amide bonds. The third-order valence-corrected chi connectivity index (χ3v) is 11.8. The standard InChI is InChI=1S/C43H50N4/c1-27-23-33(24-28(2)44-27)34-21-20-32(25-37(34)31-19-22-36-35-17-11-12-18-38(35)43(3,4)39(36)26-31)42-46-40(29-13-7-5-8-14-29)45-41(47-42)30-15-9-6-10-16-30/h5-11,13-15,17,20-22,26-28,30-31,33,37,41,44H,12,16,18-19,23-25H2,1-4H3,(H,45,46,47). The Balaban J connectivity index is 1.15. The van der Waals surface area contributed by atoms with E-state index in [0.717, 1.165) is 36.5 Å². The van der Waals surface area contributed by atoms with Gasteiger partial charge in [0.15, 0.2) is 6.17 Å². The number of fused-ring (bicyclic) bond motifs is 2. The maximum Gasteiger partial charge on any atom is 0.150 e. The van der Waals surface area contributed by atoms with E-state index in [-0.39, 0.29) is 17.5 Å². The molecule has 0 spiro atoms. The van der Waals surface area contributed by atoms with E-state index in [0.29, 0.717) is 29.8 Å². The van der Waals surface area contributed by atoms with Gasteiger partial charge in [-0.25, -0.2) is 9.98 Å². The molecule has 7 aliphatic rings. The second kappa shape index (κ2) is 12.4. The molecule has 0 aromatic heterocycles. The Morgan fingerprint density at radius 3 is 2.47 bits per heavy atom. The predicted molar refractivity (Wildman–Crippen MR) is 196 cm³/mol. The SMILES string of the molecule is CC1CC(C2=CC=C(C3=NC(C4C=CC=CC4)N=C(c4ccccc4)N3)CC2C2C=C3C(=CC2)C2=C(CCC=C2)C3(C)C)CC(C)N1. The summed E-state index contributed by atoms with van der Waals surface area (Å²) in [6.45, 7) is 9.67. The Morgan fingerprint density at radius 1 is 0.872 bits per heavy atom. The smallest absolute Gasteiger partial charge is 0.150 e. The van der Waals surface area contributed by atoms with Crippen LogP contribution in [0, 0.1) is 29.1 Å². The van der Waals surface area contributed by atoms with Crippen molar-refractivity contribution in [3.05, 3.63) is 130 Å². The average molecular weight is 623 g/mol. The minimum absolute atomic E-state index is 0.102. The van der Waals surface area contributed by atoms with Crippen LogP contribution in [-0.4, -0.2) is 29.9 Å². The number of aliphatic imine (C=N–C) groups is 2. The van der Waals surface area contributed by atoms with E-state index in [4.69, 9.17) is 9.98 Å². The molecule has 0 saturated carbocycles. The lowest BCUT2D eigenvalue weighted by Crippen LogP contribution is -2.44. The molecule has 6 unspecified atom stereocenters. The number of rotatable bonds is 5. The zero-order chi connectivity index (χ0) is 32.1. The van der Waals surface area contributed by atoms with Crippen molar-refractivity contribution < 1.29 is 0 Å². The molecule has 1 fully saturated rings. The summed E-state index contributed by atoms with van der Waals surface area (Å²) in [6, 6.07) is 11.7. The molecule has 2 heterocycles. The second-order valence-electron chi connectivity index (χ2n) is 15.4. The number of piperidine rings is 1. The largest absolute Gasteiger partial charge is 0.325 e. The summed E-state index contributed by atoms with van der Waals surface area (Å²) in [7, 11) is 0. The fraction of sp³-hybridized carbons (Fsp3) is 0.442. The van der Waals surface area contributed by atoms with Crippen LogP contribution < -0.4 is 10.6 Å². The zero-order valence-corrected chi connectivity index (χ0v) is 28.5. The number of nitrogens with one attached hydrogen (secondary N) is 2. The highest BCUT2D eigenvalue weighted by Gasteiger charge is 2.43. The summed E-state index contributed by atoms with van der Waals surface area (Å²) in [6.07, 6.45) is 31.5. The van der Waals surface area contributed by atoms with Crippen LogP contribution in [0.5, 0.6) is 0 Å². The van der Waals surface area contributed by atoms with Gasteiger partial charge < -0.3 is 10.6 Å². The molecule has 2 aliphatic heterocycles. The Morgan fingerprint density at radius 2 is 1.68 bits per heavy atom. The van der Waals surface area contributed by atoms with E-state index in [1.54, 1.807) is 16.7 Å². The van der Waals surface area contributed by atoms with E-state index in [1.165, 1.54) is 42.4 Å². The monoisotopic (exact) mass is 622 g/mol. The minimum atomic E-state index is -0.134. The van der Waals surface area contributed by atoms with Crippen molar-refractivity contribution in [2.75, 3.05) is 0 Å². The highest BCUT2D eigenvalue weighted by molar-refractivity contribution is 6.15. The number of allylic oxidation sites excluding steroid dienone is 14. The van der Waals surface area contributed by atoms with Gasteiger partial charge in [0.05, 0.1) is 0 Å². The van der Waals surface area contributed by atoms with Crippen LogP contribution in [0.1, 0.15) is 78.2 Å². The van der Waals surface area contributed by atoms with E-state index >= 15 is 0 Å². The number of nitrogens with zero attached hydrogens (tertiary/aromatic N) is 2. The molecule has 1 saturated heterocycles. The predicted octanol–water partition coefficient (Wildman–Crippen LogP) is 9.10. The van der Waals surface area contributed by atoms with Gasteiger partial charge in [-0.3, -0.25) is 0 Å². The van der Waals surface area contributed by atoms with Crippen LogP contribution in [0.15, 0.2) is 135 Å². The first kappa shape index (κ1) is 30.6. The van der Waals surface area contributed by atoms with Crippen molar-refractivity contribution >= 4 is 11.7 Å². The molecular weight excluding hydrogens is 573 g/mol. The third-order valence-electron chi connectivity index (χ3n) is 11.8. The van der Waals surface area contributed by atoms with Crippen LogP contribution in [0.3, 0.4) is 0 Å². The van der Waals surface area contributed by atoms with E-state index in [9.17, 15) is 0 Å². The Labute approximate surface area is 281 Å². The van der Waals surface area contributed by atoms with E-state index in [2.05, 4.69) is 129 Å². The lowest BCUT2D eigenvalue weighted by Gasteiger charge is -2.41. The summed E-state index contributed by atoms with van der Waals surface area (Å²) >= 11 is 0. The molecule has 6 atom stereocenters. The van der Waals surface area contributed by atoms with Crippen molar-refractivity contribution in [3.8, 4) is 0 Å². The van der Waals surface area contributed by atoms with E-state index < -0.39 is 0 Å². The van der Waals surface area contributed by atoms with Crippen molar-refractivity contribution in [2.45, 2.75) is 90.9 Å². The molecule has 0 bridgehead atoms. The fourth-order valence-electron chi connectivity index (χ4n) is 9.53. The van der Waals surface area contributed by atoms with Gasteiger partial charge >= 0.3 is 0 Å². The molecule has 4 heteroatoms. The molecule has 2 N–H and O–H groups in total. The zero-order valence-electron chi connectivity index (χ0n) is 28.5. The van der Waals surface area contributed by atoms with Crippen molar-refractivity contribution in [3.63, 3.8) is 0 Å². The highest BCUT2D eigenvalue weighted by Crippen LogP contribution is 2.56. The fourth-order valence-corrected chi connectivity index (χ4v) is 9.53. The summed E-state index contributed by atoms with van der Waals surface area (Å²) in [5.74, 6) is 3.73. The summed E-state index contributed by atoms with van der Waals surface area (Å²) in [4.78, 5) is 10.5. The molecule has 0 radical (unpaired) electrons. The van der Waals surface area contributed by atoms with Crippen molar-refractivity contribution in [1.82, 2.24) is 10.6 Å². The van der Waals surface area contributed by atoms with Gasteiger partial charge in [-0.1, -0.05) is 116 Å². The number of hydrogen-bond donors (Lipinski definition) is 2. The number of hydrogen-bond acceptors (Lipinski definition) is 4. The van der Waals surface area contributed by atoms with Gasteiger partial charge in [0.2, 0.25) is 0 Å². The lowest BCUT2D eigenvalue weighted by molar-refractivity contribution is 0.264. The molecule has 1 aromatic rings. The summed E-state index contributed by atoms with van der Waals surface area (Å²) in [5, 5.41) is 7.53. The molecule has 47 heavy (non-hydrogen) atoms. The van der Waals surface area contributed by atoms with Crippen LogP contribution in [0.4, 0.5) is 0 Å². The molecule has 8 rings (SSSR count). The summed E-state index contributed by atoms with van der Waals surface area (Å²) < 4.78 is 0.